The Balaban J connectivity index is 3.26. The highest BCUT2D eigenvalue weighted by Crippen LogP contribution is 1.92. The number of hydrogen-bond donors (Lipinski definition) is 2. The molecule has 3 nitrogen and oxygen atoms in total. The average molecular weight is 148 g/mol. The summed E-state index contributed by atoms with van der Waals surface area (Å²) >= 11 is 0. The van der Waals surface area contributed by atoms with E-state index in [1.54, 1.807) is 6.92 Å². The third-order valence-electron chi connectivity index (χ3n) is 1.15. The summed E-state index contributed by atoms with van der Waals surface area (Å²) in [6.07, 6.45) is -0.527. The predicted octanol–water partition coefficient (Wildman–Crippen LogP) is -0.191. The van der Waals surface area contributed by atoms with Crippen LogP contribution < -0.4 is 11.1 Å². The lowest BCUT2D eigenvalue weighted by Gasteiger charge is -2.05. The Morgan fingerprint density at radius 3 is 2.80 bits per heavy atom. The van der Waals surface area contributed by atoms with E-state index in [1.807, 2.05) is 0 Å². The Morgan fingerprint density at radius 2 is 2.40 bits per heavy atom. The summed E-state index contributed by atoms with van der Waals surface area (Å²) in [6.45, 7) is 1.72. The van der Waals surface area contributed by atoms with Gasteiger partial charge in [-0.05, 0) is 6.42 Å². The Kier molecular flexibility index (Phi) is 4.84. The predicted molar refractivity (Wildman–Crippen MR) is 37.3 cm³/mol. The van der Waals surface area contributed by atoms with Gasteiger partial charge in [0.05, 0.1) is 6.54 Å². The molecule has 0 saturated heterocycles. The number of nitrogens with one attached hydrogen (secondary N) is 1. The van der Waals surface area contributed by atoms with Crippen LogP contribution in [0.15, 0.2) is 0 Å². The molecule has 3 N–H and O–H groups in total. The van der Waals surface area contributed by atoms with E-state index >= 15 is 0 Å². The van der Waals surface area contributed by atoms with Gasteiger partial charge in [-0.2, -0.15) is 0 Å². The van der Waals surface area contributed by atoms with Gasteiger partial charge in [-0.3, -0.25) is 4.79 Å². The highest BCUT2D eigenvalue weighted by atomic mass is 19.1. The fraction of sp³-hybridized carbons (Fsp3) is 0.833. The smallest absolute Gasteiger partial charge is 0.233 e. The molecular weight excluding hydrogens is 135 g/mol. The molecule has 0 heterocycles. The quantitative estimate of drug-likeness (QED) is 0.580. The van der Waals surface area contributed by atoms with Crippen molar-refractivity contribution in [1.29, 1.82) is 0 Å². The number of rotatable bonds is 4. The second-order valence-electron chi connectivity index (χ2n) is 2.01. The van der Waals surface area contributed by atoms with Crippen molar-refractivity contribution in [2.45, 2.75) is 19.5 Å². The minimum atomic E-state index is -0.949. The van der Waals surface area contributed by atoms with Crippen LogP contribution in [0.4, 0.5) is 4.39 Å². The first kappa shape index (κ1) is 9.36. The molecule has 0 fully saturated rings. The SMILES string of the molecule is CCC(F)CNC(=O)CN. The second kappa shape index (κ2) is 5.17. The summed E-state index contributed by atoms with van der Waals surface area (Å²) in [5.74, 6) is -0.309. The van der Waals surface area contributed by atoms with Crippen molar-refractivity contribution in [2.75, 3.05) is 13.1 Å². The van der Waals surface area contributed by atoms with E-state index in [0.717, 1.165) is 0 Å². The zero-order valence-corrected chi connectivity index (χ0v) is 6.06. The lowest BCUT2D eigenvalue weighted by atomic mass is 10.3. The first-order chi connectivity index (χ1) is 4.70. The molecule has 4 heteroatoms. The number of nitrogens with two attached hydrogens (primary N) is 1. The Bertz CT molecular complexity index is 108. The summed E-state index contributed by atoms with van der Waals surface area (Å²) in [7, 11) is 0. The van der Waals surface area contributed by atoms with Crippen LogP contribution in [-0.4, -0.2) is 25.2 Å². The largest absolute Gasteiger partial charge is 0.352 e. The van der Waals surface area contributed by atoms with E-state index in [2.05, 4.69) is 5.32 Å². The molecule has 0 aliphatic carbocycles. The molecular formula is C6H13FN2O. The maximum atomic E-state index is 12.4. The van der Waals surface area contributed by atoms with Crippen LogP contribution >= 0.6 is 0 Å². The summed E-state index contributed by atoms with van der Waals surface area (Å²) < 4.78 is 12.4. The lowest BCUT2D eigenvalue weighted by Crippen LogP contribution is -2.34. The lowest BCUT2D eigenvalue weighted by molar-refractivity contribution is -0.119. The van der Waals surface area contributed by atoms with Crippen LogP contribution in [-0.2, 0) is 4.79 Å². The molecule has 0 spiro atoms. The first-order valence-electron chi connectivity index (χ1n) is 3.31. The van der Waals surface area contributed by atoms with E-state index in [4.69, 9.17) is 5.73 Å². The van der Waals surface area contributed by atoms with E-state index in [9.17, 15) is 9.18 Å². The topological polar surface area (TPSA) is 55.1 Å². The van der Waals surface area contributed by atoms with Crippen molar-refractivity contribution in [3.63, 3.8) is 0 Å². The van der Waals surface area contributed by atoms with Crippen molar-refractivity contribution in [2.24, 2.45) is 5.73 Å². The summed E-state index contributed by atoms with van der Waals surface area (Å²) in [5, 5.41) is 2.34. The number of hydrogen-bond acceptors (Lipinski definition) is 2. The van der Waals surface area contributed by atoms with Gasteiger partial charge in [0.1, 0.15) is 6.17 Å². The minimum Gasteiger partial charge on any atom is -0.352 e. The van der Waals surface area contributed by atoms with E-state index < -0.39 is 6.17 Å². The summed E-state index contributed by atoms with van der Waals surface area (Å²) in [4.78, 5) is 10.4. The summed E-state index contributed by atoms with van der Waals surface area (Å²) in [5.41, 5.74) is 4.97. The zero-order valence-electron chi connectivity index (χ0n) is 6.06. The van der Waals surface area contributed by atoms with Crippen LogP contribution in [0.25, 0.3) is 0 Å². The fourth-order valence-electron chi connectivity index (χ4n) is 0.441. The van der Waals surface area contributed by atoms with Crippen molar-refractivity contribution in [1.82, 2.24) is 5.32 Å². The third kappa shape index (κ3) is 4.26. The van der Waals surface area contributed by atoms with E-state index in [-0.39, 0.29) is 19.0 Å². The molecule has 0 saturated carbocycles. The van der Waals surface area contributed by atoms with Gasteiger partial charge in [0, 0.05) is 6.54 Å². The molecule has 0 aliphatic heterocycles. The maximum Gasteiger partial charge on any atom is 0.233 e. The van der Waals surface area contributed by atoms with Crippen LogP contribution in [0.3, 0.4) is 0 Å². The third-order valence-corrected chi connectivity index (χ3v) is 1.15. The van der Waals surface area contributed by atoms with Gasteiger partial charge in [0.25, 0.3) is 0 Å². The van der Waals surface area contributed by atoms with Crippen LogP contribution in [0.1, 0.15) is 13.3 Å². The normalized spacial score (nSPS) is 12.7. The molecule has 1 atom stereocenters. The number of amides is 1. The van der Waals surface area contributed by atoms with E-state index in [0.29, 0.717) is 6.42 Å². The van der Waals surface area contributed by atoms with Gasteiger partial charge in [0.15, 0.2) is 0 Å². The van der Waals surface area contributed by atoms with Crippen molar-refractivity contribution < 1.29 is 9.18 Å². The van der Waals surface area contributed by atoms with Gasteiger partial charge in [-0.25, -0.2) is 4.39 Å². The van der Waals surface area contributed by atoms with E-state index in [1.165, 1.54) is 0 Å². The molecule has 1 amide bonds. The van der Waals surface area contributed by atoms with Crippen molar-refractivity contribution in [3.8, 4) is 0 Å². The van der Waals surface area contributed by atoms with Crippen LogP contribution in [0, 0.1) is 0 Å². The van der Waals surface area contributed by atoms with Crippen molar-refractivity contribution in [3.05, 3.63) is 0 Å². The average Bonchev–Trinajstić information content (AvgIpc) is 1.99. The standard InChI is InChI=1S/C6H13FN2O/c1-2-5(7)4-9-6(10)3-8/h5H,2-4,8H2,1H3,(H,9,10). The molecule has 0 aliphatic rings. The minimum absolute atomic E-state index is 0.0730. The number of carbonyl (C=O) groups is 1. The number of alkyl halides is 1. The molecule has 0 aromatic rings. The zero-order chi connectivity index (χ0) is 7.98. The fourth-order valence-corrected chi connectivity index (χ4v) is 0.441. The monoisotopic (exact) mass is 148 g/mol. The van der Waals surface area contributed by atoms with Gasteiger partial charge in [0.2, 0.25) is 5.91 Å². The maximum absolute atomic E-state index is 12.4. The molecule has 0 bridgehead atoms. The molecule has 10 heavy (non-hydrogen) atoms. The highest BCUT2D eigenvalue weighted by molar-refractivity contribution is 5.77. The molecule has 0 radical (unpaired) electrons. The second-order valence-corrected chi connectivity index (χ2v) is 2.01. The highest BCUT2D eigenvalue weighted by Gasteiger charge is 2.03. The Morgan fingerprint density at radius 1 is 1.80 bits per heavy atom. The summed E-state index contributed by atoms with van der Waals surface area (Å²) in [6, 6.07) is 0. The van der Waals surface area contributed by atoms with Gasteiger partial charge >= 0.3 is 0 Å². The van der Waals surface area contributed by atoms with Crippen LogP contribution in [0.5, 0.6) is 0 Å². The number of halogens is 1. The van der Waals surface area contributed by atoms with Gasteiger partial charge in [-0.15, -0.1) is 0 Å². The molecule has 0 aromatic heterocycles. The van der Waals surface area contributed by atoms with Crippen LogP contribution in [0.2, 0.25) is 0 Å². The molecule has 1 unspecified atom stereocenters. The Labute approximate surface area is 59.8 Å². The van der Waals surface area contributed by atoms with Gasteiger partial charge in [-0.1, -0.05) is 6.92 Å². The molecule has 0 aromatic carbocycles. The first-order valence-corrected chi connectivity index (χ1v) is 3.31. The molecule has 0 rings (SSSR count). The van der Waals surface area contributed by atoms with Gasteiger partial charge < -0.3 is 11.1 Å². The Hall–Kier alpha value is -0.640. The molecule has 60 valence electrons. The van der Waals surface area contributed by atoms with Crippen molar-refractivity contribution >= 4 is 5.91 Å². The number of carbonyl (C=O) groups excluding carboxylic acids is 1.